The van der Waals surface area contributed by atoms with E-state index in [-0.39, 0.29) is 5.91 Å². The number of nitrogens with one attached hydrogen (secondary N) is 1. The number of aromatic nitrogens is 1. The van der Waals surface area contributed by atoms with E-state index in [0.29, 0.717) is 9.47 Å². The van der Waals surface area contributed by atoms with Crippen LogP contribution in [0.3, 0.4) is 0 Å². The molecular weight excluding hydrogens is 264 g/mol. The number of carbonyl (C=O) groups excluding carboxylic acids is 1. The summed E-state index contributed by atoms with van der Waals surface area (Å²) in [6, 6.07) is 1.99. The zero-order valence-electron chi connectivity index (χ0n) is 8.70. The monoisotopic (exact) mass is 272 g/mol. The molecule has 16 heavy (non-hydrogen) atoms. The minimum Gasteiger partial charge on any atom is -0.297 e. The molecule has 0 radical (unpaired) electrons. The molecule has 0 unspecified atom stereocenters. The third-order valence-corrected chi connectivity index (χ3v) is 4.13. The van der Waals surface area contributed by atoms with Gasteiger partial charge in [0, 0.05) is 4.88 Å². The standard InChI is InChI=1S/C10H9ClN2OS2/c1-5-3-6(2)15-8(5)9(14)13-10-12-4-7(11)16-10/h3-4H,1-2H3,(H,12,13,14). The summed E-state index contributed by atoms with van der Waals surface area (Å²) in [7, 11) is 0. The number of carbonyl (C=O) groups is 1. The molecule has 0 bridgehead atoms. The van der Waals surface area contributed by atoms with Gasteiger partial charge in [0.1, 0.15) is 4.34 Å². The summed E-state index contributed by atoms with van der Waals surface area (Å²) in [6.45, 7) is 3.90. The number of amides is 1. The van der Waals surface area contributed by atoms with Crippen molar-refractivity contribution in [1.82, 2.24) is 4.98 Å². The molecule has 6 heteroatoms. The molecule has 0 aliphatic carbocycles. The molecule has 2 heterocycles. The average molecular weight is 273 g/mol. The largest absolute Gasteiger partial charge is 0.297 e. The fraction of sp³-hybridized carbons (Fsp3) is 0.200. The normalized spacial score (nSPS) is 10.4. The molecule has 2 rings (SSSR count). The van der Waals surface area contributed by atoms with Crippen molar-refractivity contribution < 1.29 is 4.79 Å². The molecule has 0 aromatic carbocycles. The molecule has 0 spiro atoms. The van der Waals surface area contributed by atoms with Crippen LogP contribution in [0, 0.1) is 13.8 Å². The Bertz CT molecular complexity index is 533. The van der Waals surface area contributed by atoms with Gasteiger partial charge >= 0.3 is 0 Å². The zero-order chi connectivity index (χ0) is 11.7. The van der Waals surface area contributed by atoms with E-state index in [4.69, 9.17) is 11.6 Å². The summed E-state index contributed by atoms with van der Waals surface area (Å²) in [5.41, 5.74) is 0.989. The third kappa shape index (κ3) is 2.42. The molecular formula is C10H9ClN2OS2. The lowest BCUT2D eigenvalue weighted by Gasteiger charge is -1.99. The minimum absolute atomic E-state index is 0.124. The molecule has 0 saturated heterocycles. The Labute approximate surface area is 106 Å². The summed E-state index contributed by atoms with van der Waals surface area (Å²) in [5.74, 6) is -0.124. The van der Waals surface area contributed by atoms with Crippen LogP contribution in [0.1, 0.15) is 20.1 Å². The highest BCUT2D eigenvalue weighted by molar-refractivity contribution is 7.19. The Morgan fingerprint density at radius 1 is 1.44 bits per heavy atom. The van der Waals surface area contributed by atoms with Crippen molar-refractivity contribution in [3.05, 3.63) is 31.9 Å². The highest BCUT2D eigenvalue weighted by atomic mass is 35.5. The molecule has 1 N–H and O–H groups in total. The van der Waals surface area contributed by atoms with Crippen LogP contribution in [-0.2, 0) is 0 Å². The predicted molar refractivity (Wildman–Crippen MR) is 68.9 cm³/mol. The van der Waals surface area contributed by atoms with Gasteiger partial charge in [-0.3, -0.25) is 10.1 Å². The first-order chi connectivity index (χ1) is 7.56. The van der Waals surface area contributed by atoms with Gasteiger partial charge in [-0.15, -0.1) is 11.3 Å². The van der Waals surface area contributed by atoms with Gasteiger partial charge in [0.15, 0.2) is 5.13 Å². The number of thiazole rings is 1. The maximum atomic E-state index is 11.9. The van der Waals surface area contributed by atoms with Gasteiger partial charge < -0.3 is 0 Å². The summed E-state index contributed by atoms with van der Waals surface area (Å²) < 4.78 is 0.564. The fourth-order valence-corrected chi connectivity index (χ4v) is 3.06. The number of rotatable bonds is 2. The Hall–Kier alpha value is -0.910. The highest BCUT2D eigenvalue weighted by Crippen LogP contribution is 2.25. The molecule has 84 valence electrons. The number of halogens is 1. The van der Waals surface area contributed by atoms with E-state index in [1.165, 1.54) is 28.9 Å². The quantitative estimate of drug-likeness (QED) is 0.905. The van der Waals surface area contributed by atoms with E-state index in [9.17, 15) is 4.79 Å². The maximum Gasteiger partial charge on any atom is 0.267 e. The van der Waals surface area contributed by atoms with E-state index in [1.54, 1.807) is 0 Å². The van der Waals surface area contributed by atoms with E-state index in [0.717, 1.165) is 15.3 Å². The van der Waals surface area contributed by atoms with Crippen LogP contribution < -0.4 is 5.32 Å². The highest BCUT2D eigenvalue weighted by Gasteiger charge is 2.13. The number of anilines is 1. The van der Waals surface area contributed by atoms with Crippen molar-refractivity contribution >= 4 is 45.3 Å². The number of thiophene rings is 1. The first kappa shape index (κ1) is 11.6. The molecule has 2 aromatic rings. The molecule has 0 saturated carbocycles. The maximum absolute atomic E-state index is 11.9. The Morgan fingerprint density at radius 2 is 2.19 bits per heavy atom. The van der Waals surface area contributed by atoms with Crippen LogP contribution >= 0.6 is 34.3 Å². The first-order valence-corrected chi connectivity index (χ1v) is 6.57. The summed E-state index contributed by atoms with van der Waals surface area (Å²) in [4.78, 5) is 17.7. The van der Waals surface area contributed by atoms with Gasteiger partial charge in [-0.05, 0) is 25.5 Å². The van der Waals surface area contributed by atoms with Gasteiger partial charge in [-0.25, -0.2) is 4.98 Å². The summed E-state index contributed by atoms with van der Waals surface area (Å²) in [5, 5.41) is 3.26. The van der Waals surface area contributed by atoms with E-state index in [1.807, 2.05) is 19.9 Å². The summed E-state index contributed by atoms with van der Waals surface area (Å²) >= 11 is 8.46. The van der Waals surface area contributed by atoms with Crippen LogP contribution in [0.2, 0.25) is 4.34 Å². The number of aryl methyl sites for hydroxylation is 2. The lowest BCUT2D eigenvalue weighted by molar-refractivity contribution is 0.103. The van der Waals surface area contributed by atoms with E-state index in [2.05, 4.69) is 10.3 Å². The Kier molecular flexibility index (Phi) is 3.28. The van der Waals surface area contributed by atoms with E-state index < -0.39 is 0 Å². The van der Waals surface area contributed by atoms with Crippen molar-refractivity contribution in [2.45, 2.75) is 13.8 Å². The number of hydrogen-bond donors (Lipinski definition) is 1. The average Bonchev–Trinajstić information content (AvgIpc) is 2.73. The summed E-state index contributed by atoms with van der Waals surface area (Å²) in [6.07, 6.45) is 1.52. The third-order valence-electron chi connectivity index (χ3n) is 1.95. The molecule has 1 amide bonds. The van der Waals surface area contributed by atoms with Gasteiger partial charge in [-0.1, -0.05) is 22.9 Å². The Morgan fingerprint density at radius 3 is 2.69 bits per heavy atom. The molecule has 3 nitrogen and oxygen atoms in total. The lowest BCUT2D eigenvalue weighted by Crippen LogP contribution is -2.10. The Balaban J connectivity index is 2.17. The molecule has 2 aromatic heterocycles. The van der Waals surface area contributed by atoms with Crippen molar-refractivity contribution in [3.8, 4) is 0 Å². The van der Waals surface area contributed by atoms with Gasteiger partial charge in [0.05, 0.1) is 11.1 Å². The molecule has 0 atom stereocenters. The molecule has 0 aliphatic rings. The number of hydrogen-bond acceptors (Lipinski definition) is 4. The molecule has 0 fully saturated rings. The van der Waals surface area contributed by atoms with Crippen molar-refractivity contribution in [2.24, 2.45) is 0 Å². The second kappa shape index (κ2) is 4.53. The SMILES string of the molecule is Cc1cc(C)c(C(=O)Nc2ncc(Cl)s2)s1. The fourth-order valence-electron chi connectivity index (χ4n) is 1.33. The van der Waals surface area contributed by atoms with Crippen LogP contribution in [0.5, 0.6) is 0 Å². The van der Waals surface area contributed by atoms with Gasteiger partial charge in [0.25, 0.3) is 5.91 Å². The smallest absolute Gasteiger partial charge is 0.267 e. The van der Waals surface area contributed by atoms with Gasteiger partial charge in [-0.2, -0.15) is 0 Å². The first-order valence-electron chi connectivity index (χ1n) is 4.56. The van der Waals surface area contributed by atoms with Crippen molar-refractivity contribution in [1.29, 1.82) is 0 Å². The van der Waals surface area contributed by atoms with Crippen LogP contribution in [0.25, 0.3) is 0 Å². The predicted octanol–water partition coefficient (Wildman–Crippen LogP) is 3.73. The van der Waals surface area contributed by atoms with Crippen molar-refractivity contribution in [2.75, 3.05) is 5.32 Å². The van der Waals surface area contributed by atoms with Crippen LogP contribution in [0.4, 0.5) is 5.13 Å². The topological polar surface area (TPSA) is 42.0 Å². The second-order valence-corrected chi connectivity index (χ2v) is 6.21. The minimum atomic E-state index is -0.124. The van der Waals surface area contributed by atoms with Crippen molar-refractivity contribution in [3.63, 3.8) is 0 Å². The van der Waals surface area contributed by atoms with Crippen LogP contribution in [0.15, 0.2) is 12.3 Å². The second-order valence-electron chi connectivity index (χ2n) is 3.29. The zero-order valence-corrected chi connectivity index (χ0v) is 11.1. The van der Waals surface area contributed by atoms with Crippen LogP contribution in [-0.4, -0.2) is 10.9 Å². The van der Waals surface area contributed by atoms with Gasteiger partial charge in [0.2, 0.25) is 0 Å². The number of nitrogens with zero attached hydrogens (tertiary/aromatic N) is 1. The van der Waals surface area contributed by atoms with E-state index >= 15 is 0 Å². The lowest BCUT2D eigenvalue weighted by atomic mass is 10.2. The molecule has 0 aliphatic heterocycles.